The molecule has 0 radical (unpaired) electrons. The number of rotatable bonds is 3. The van der Waals surface area contributed by atoms with Crippen molar-refractivity contribution in [1.82, 2.24) is 0 Å². The monoisotopic (exact) mass is 244 g/mol. The maximum absolute atomic E-state index is 12.0. The molecule has 4 nitrogen and oxygen atoms in total. The van der Waals surface area contributed by atoms with Crippen LogP contribution < -0.4 is 10.8 Å². The van der Waals surface area contributed by atoms with E-state index >= 15 is 0 Å². The first-order valence-corrected chi connectivity index (χ1v) is 5.76. The van der Waals surface area contributed by atoms with Crippen molar-refractivity contribution in [2.45, 2.75) is 13.0 Å². The van der Waals surface area contributed by atoms with Crippen LogP contribution in [0.3, 0.4) is 0 Å². The number of hydroxylamine groups is 1. The van der Waals surface area contributed by atoms with E-state index in [1.165, 1.54) is 12.2 Å². The van der Waals surface area contributed by atoms with Crippen molar-refractivity contribution in [2.24, 2.45) is 5.73 Å². The van der Waals surface area contributed by atoms with Crippen molar-refractivity contribution in [2.75, 3.05) is 12.2 Å². The Labute approximate surface area is 106 Å². The first-order chi connectivity index (χ1) is 8.65. The fraction of sp³-hybridized carbons (Fsp3) is 0.214. The number of hydrogen-bond acceptors (Lipinski definition) is 3. The second-order valence-electron chi connectivity index (χ2n) is 4.10. The van der Waals surface area contributed by atoms with E-state index in [-0.39, 0.29) is 5.91 Å². The number of carbonyl (C=O) groups is 1. The van der Waals surface area contributed by atoms with Gasteiger partial charge in [0.25, 0.3) is 5.91 Å². The number of carbonyl (C=O) groups excluding carboxylic acids is 1. The molecule has 2 aromatic rings. The van der Waals surface area contributed by atoms with Crippen molar-refractivity contribution in [3.63, 3.8) is 0 Å². The molecule has 4 heteroatoms. The van der Waals surface area contributed by atoms with Crippen molar-refractivity contribution in [3.05, 3.63) is 42.5 Å². The Kier molecular flexibility index (Phi) is 3.60. The number of benzene rings is 2. The maximum atomic E-state index is 12.0. The van der Waals surface area contributed by atoms with E-state index in [4.69, 9.17) is 10.6 Å². The van der Waals surface area contributed by atoms with Crippen LogP contribution in [0.5, 0.6) is 0 Å². The van der Waals surface area contributed by atoms with Crippen LogP contribution in [-0.4, -0.2) is 19.1 Å². The summed E-state index contributed by atoms with van der Waals surface area (Å²) >= 11 is 0. The Balaban J connectivity index is 2.55. The van der Waals surface area contributed by atoms with E-state index in [2.05, 4.69) is 0 Å². The molecule has 0 aliphatic rings. The maximum Gasteiger partial charge on any atom is 0.267 e. The van der Waals surface area contributed by atoms with E-state index in [9.17, 15) is 4.79 Å². The molecule has 2 rings (SSSR count). The fourth-order valence-corrected chi connectivity index (χ4v) is 1.88. The highest BCUT2D eigenvalue weighted by Gasteiger charge is 2.20. The van der Waals surface area contributed by atoms with Crippen LogP contribution in [-0.2, 0) is 9.63 Å². The van der Waals surface area contributed by atoms with Crippen LogP contribution in [0.1, 0.15) is 6.92 Å². The minimum absolute atomic E-state index is 0.270. The predicted octanol–water partition coefficient (Wildman–Crippen LogP) is 2.08. The van der Waals surface area contributed by atoms with Gasteiger partial charge in [0.2, 0.25) is 0 Å². The Morgan fingerprint density at radius 2 is 1.89 bits per heavy atom. The van der Waals surface area contributed by atoms with Crippen LogP contribution in [0.15, 0.2) is 42.5 Å². The van der Waals surface area contributed by atoms with Gasteiger partial charge in [-0.2, -0.15) is 5.06 Å². The molecular formula is C14H16N2O2. The van der Waals surface area contributed by atoms with Gasteiger partial charge in [-0.1, -0.05) is 36.4 Å². The molecular weight excluding hydrogens is 228 g/mol. The quantitative estimate of drug-likeness (QED) is 0.841. The number of fused-ring (bicyclic) bond motifs is 1. The second kappa shape index (κ2) is 5.16. The molecule has 0 bridgehead atoms. The summed E-state index contributed by atoms with van der Waals surface area (Å²) in [6.07, 6.45) is 0. The average molecular weight is 244 g/mol. The lowest BCUT2D eigenvalue weighted by Gasteiger charge is -2.22. The normalized spacial score (nSPS) is 12.4. The van der Waals surface area contributed by atoms with Gasteiger partial charge in [-0.15, -0.1) is 0 Å². The Hall–Kier alpha value is -1.91. The molecule has 0 saturated carbocycles. The molecule has 0 unspecified atom stereocenters. The molecule has 2 N–H and O–H groups in total. The minimum atomic E-state index is -0.607. The van der Waals surface area contributed by atoms with Gasteiger partial charge in [0, 0.05) is 5.39 Å². The van der Waals surface area contributed by atoms with Gasteiger partial charge >= 0.3 is 0 Å². The smallest absolute Gasteiger partial charge is 0.267 e. The van der Waals surface area contributed by atoms with Crippen LogP contribution in [0.2, 0.25) is 0 Å². The topological polar surface area (TPSA) is 55.6 Å². The average Bonchev–Trinajstić information content (AvgIpc) is 2.39. The van der Waals surface area contributed by atoms with Crippen LogP contribution >= 0.6 is 0 Å². The minimum Gasteiger partial charge on any atom is -0.320 e. The zero-order valence-electron chi connectivity index (χ0n) is 10.5. The Bertz CT molecular complexity index is 561. The third-order valence-corrected chi connectivity index (χ3v) is 2.76. The molecule has 0 saturated heterocycles. The zero-order chi connectivity index (χ0) is 13.1. The fourth-order valence-electron chi connectivity index (χ4n) is 1.88. The molecule has 1 atom stereocenters. The lowest BCUT2D eigenvalue weighted by atomic mass is 10.1. The number of anilines is 1. The largest absolute Gasteiger partial charge is 0.320 e. The number of nitrogens with two attached hydrogens (primary N) is 1. The Morgan fingerprint density at radius 3 is 2.56 bits per heavy atom. The molecule has 0 fully saturated rings. The summed E-state index contributed by atoms with van der Waals surface area (Å²) in [5.41, 5.74) is 6.33. The summed E-state index contributed by atoms with van der Waals surface area (Å²) < 4.78 is 0. The van der Waals surface area contributed by atoms with Gasteiger partial charge in [-0.25, -0.2) is 0 Å². The molecule has 0 aromatic heterocycles. The molecule has 0 heterocycles. The lowest BCUT2D eigenvalue weighted by Crippen LogP contribution is -2.41. The molecule has 18 heavy (non-hydrogen) atoms. The summed E-state index contributed by atoms with van der Waals surface area (Å²) in [7, 11) is 1.46. The summed E-state index contributed by atoms with van der Waals surface area (Å²) in [4.78, 5) is 17.2. The molecule has 0 spiro atoms. The first kappa shape index (κ1) is 12.5. The Morgan fingerprint density at radius 1 is 1.22 bits per heavy atom. The van der Waals surface area contributed by atoms with Crippen LogP contribution in [0.4, 0.5) is 5.69 Å². The van der Waals surface area contributed by atoms with Crippen molar-refractivity contribution in [1.29, 1.82) is 0 Å². The van der Waals surface area contributed by atoms with Crippen molar-refractivity contribution < 1.29 is 9.63 Å². The molecule has 0 aliphatic carbocycles. The summed E-state index contributed by atoms with van der Waals surface area (Å²) in [5, 5.41) is 3.25. The summed E-state index contributed by atoms with van der Waals surface area (Å²) in [6, 6.07) is 12.9. The van der Waals surface area contributed by atoms with Crippen LogP contribution in [0.25, 0.3) is 10.8 Å². The number of nitrogens with zero attached hydrogens (tertiary/aromatic N) is 1. The molecule has 0 aliphatic heterocycles. The van der Waals surface area contributed by atoms with E-state index in [1.54, 1.807) is 6.92 Å². The van der Waals surface area contributed by atoms with Gasteiger partial charge in [0.1, 0.15) is 0 Å². The van der Waals surface area contributed by atoms with E-state index in [1.807, 2.05) is 42.5 Å². The van der Waals surface area contributed by atoms with Gasteiger partial charge in [-0.3, -0.25) is 9.63 Å². The highest BCUT2D eigenvalue weighted by Crippen LogP contribution is 2.27. The second-order valence-corrected chi connectivity index (χ2v) is 4.10. The number of amides is 1. The third-order valence-electron chi connectivity index (χ3n) is 2.76. The van der Waals surface area contributed by atoms with Gasteiger partial charge in [0.15, 0.2) is 0 Å². The van der Waals surface area contributed by atoms with Gasteiger partial charge in [0.05, 0.1) is 18.8 Å². The number of hydrogen-bond donors (Lipinski definition) is 1. The van der Waals surface area contributed by atoms with Crippen molar-refractivity contribution in [3.8, 4) is 0 Å². The first-order valence-electron chi connectivity index (χ1n) is 5.76. The van der Waals surface area contributed by atoms with Gasteiger partial charge in [-0.05, 0) is 18.4 Å². The molecule has 1 amide bonds. The zero-order valence-corrected chi connectivity index (χ0v) is 10.5. The predicted molar refractivity (Wildman–Crippen MR) is 72.1 cm³/mol. The van der Waals surface area contributed by atoms with E-state index < -0.39 is 6.04 Å². The van der Waals surface area contributed by atoms with Crippen LogP contribution in [0, 0.1) is 0 Å². The lowest BCUT2D eigenvalue weighted by molar-refractivity contribution is -0.125. The third kappa shape index (κ3) is 2.20. The van der Waals surface area contributed by atoms with E-state index in [0.717, 1.165) is 10.8 Å². The SMILES string of the molecule is CON(C(=O)[C@H](C)N)c1cccc2ccccc12. The van der Waals surface area contributed by atoms with Gasteiger partial charge < -0.3 is 5.73 Å². The van der Waals surface area contributed by atoms with E-state index in [0.29, 0.717) is 5.69 Å². The highest BCUT2D eigenvalue weighted by molar-refractivity contribution is 6.03. The molecule has 94 valence electrons. The summed E-state index contributed by atoms with van der Waals surface area (Å²) in [5.74, 6) is -0.270. The standard InChI is InChI=1S/C14H16N2O2/c1-10(15)14(17)16(18-2)13-9-5-7-11-6-3-4-8-12(11)13/h3-10H,15H2,1-2H3/t10-/m0/s1. The highest BCUT2D eigenvalue weighted by atomic mass is 16.7. The summed E-state index contributed by atoms with van der Waals surface area (Å²) in [6.45, 7) is 1.64. The molecule has 2 aromatic carbocycles. The van der Waals surface area contributed by atoms with Crippen molar-refractivity contribution >= 4 is 22.4 Å².